The molecule has 15 heavy (non-hydrogen) atoms. The van der Waals surface area contributed by atoms with E-state index in [1.807, 2.05) is 12.1 Å². The summed E-state index contributed by atoms with van der Waals surface area (Å²) in [6, 6.07) is 11.5. The molecule has 0 N–H and O–H groups in total. The van der Waals surface area contributed by atoms with Crippen LogP contribution >= 0.6 is 0 Å². The molecule has 0 amide bonds. The van der Waals surface area contributed by atoms with Gasteiger partial charge in [-0.2, -0.15) is 30.3 Å². The molecule has 0 radical (unpaired) electrons. The molecule has 0 aliphatic heterocycles. The summed E-state index contributed by atoms with van der Waals surface area (Å²) in [6.45, 7) is 7.89. The van der Waals surface area contributed by atoms with Gasteiger partial charge in [0.15, 0.2) is 0 Å². The zero-order chi connectivity index (χ0) is 10.2. The third-order valence-corrected chi connectivity index (χ3v) is 2.25. The monoisotopic (exact) mass is 197 g/mol. The van der Waals surface area contributed by atoms with Crippen molar-refractivity contribution in [1.82, 2.24) is 4.90 Å². The molecule has 0 fully saturated rings. The van der Waals surface area contributed by atoms with Gasteiger partial charge >= 0.3 is 18.9 Å². The molecule has 1 rings (SSSR count). The van der Waals surface area contributed by atoms with E-state index < -0.39 is 0 Å². The van der Waals surface area contributed by atoms with Crippen molar-refractivity contribution >= 4 is 0 Å². The summed E-state index contributed by atoms with van der Waals surface area (Å²) in [5, 5.41) is 0. The minimum Gasteiger partial charge on any atom is -0.301 e. The molecule has 0 heterocycles. The molecule has 78 valence electrons. The van der Waals surface area contributed by atoms with Crippen molar-refractivity contribution in [3.8, 4) is 0 Å². The molecule has 0 spiro atoms. The first-order chi connectivity index (χ1) is 6.86. The Kier molecular flexibility index (Phi) is 8.90. The van der Waals surface area contributed by atoms with Crippen LogP contribution in [0.5, 0.6) is 0 Å². The summed E-state index contributed by atoms with van der Waals surface area (Å²) in [5.41, 5.74) is 1.30. The fourth-order valence-electron chi connectivity index (χ4n) is 1.67. The van der Waals surface area contributed by atoms with Gasteiger partial charge in [0.25, 0.3) is 0 Å². The molecule has 0 saturated heterocycles. The van der Waals surface area contributed by atoms with E-state index in [4.69, 9.17) is 0 Å². The summed E-state index contributed by atoms with van der Waals surface area (Å²) >= 11 is 0. The molecular weight excluding hydrogens is 177 g/mol. The summed E-state index contributed by atoms with van der Waals surface area (Å²) in [5.74, 6) is 0. The van der Waals surface area contributed by atoms with Gasteiger partial charge in [-0.1, -0.05) is 13.8 Å². The Bertz CT molecular complexity index is 230. The van der Waals surface area contributed by atoms with Crippen LogP contribution in [-0.2, 0) is 6.54 Å². The number of nitrogens with zero attached hydrogens (tertiary/aromatic N) is 1. The first-order valence-electron chi connectivity index (χ1n) is 5.54. The van der Waals surface area contributed by atoms with E-state index in [9.17, 15) is 0 Å². The van der Waals surface area contributed by atoms with Gasteiger partial charge in [0, 0.05) is 6.54 Å². The number of benzene rings is 1. The molecule has 0 unspecified atom stereocenters. The summed E-state index contributed by atoms with van der Waals surface area (Å²) in [4.78, 5) is 2.49. The van der Waals surface area contributed by atoms with Crippen molar-refractivity contribution in [2.75, 3.05) is 13.1 Å². The van der Waals surface area contributed by atoms with E-state index >= 15 is 0 Å². The summed E-state index contributed by atoms with van der Waals surface area (Å²) in [6.07, 6.45) is 2.46. The standard InChI is InChI=1S/C13H20N.Li/c1-3-10-14(11-4-2)12-13-8-6-5-7-9-13;/h5-8H,3-4,10-12H2,1-2H3;/q-1;+1. The van der Waals surface area contributed by atoms with Crippen LogP contribution in [0.25, 0.3) is 0 Å². The molecule has 0 bridgehead atoms. The third-order valence-electron chi connectivity index (χ3n) is 2.25. The van der Waals surface area contributed by atoms with Gasteiger partial charge in [0.1, 0.15) is 0 Å². The SMILES string of the molecule is CCCN(CCC)Cc1[c-]cccc1.[Li+]. The Labute approximate surface area is 106 Å². The molecule has 0 aliphatic carbocycles. The molecule has 0 aliphatic rings. The zero-order valence-corrected chi connectivity index (χ0v) is 10.3. The van der Waals surface area contributed by atoms with Crippen molar-refractivity contribution in [3.05, 3.63) is 35.9 Å². The van der Waals surface area contributed by atoms with E-state index in [0.29, 0.717) is 0 Å². The van der Waals surface area contributed by atoms with Crippen LogP contribution < -0.4 is 18.9 Å². The van der Waals surface area contributed by atoms with Crippen LogP contribution in [0.1, 0.15) is 32.3 Å². The van der Waals surface area contributed by atoms with Crippen LogP contribution in [0.2, 0.25) is 0 Å². The molecule has 2 heteroatoms. The van der Waals surface area contributed by atoms with Crippen LogP contribution in [0.4, 0.5) is 0 Å². The second-order valence-electron chi connectivity index (χ2n) is 3.66. The normalized spacial score (nSPS) is 10.1. The molecular formula is C13H20LiN. The number of hydrogen-bond donors (Lipinski definition) is 0. The van der Waals surface area contributed by atoms with Gasteiger partial charge in [-0.15, -0.1) is 5.56 Å². The van der Waals surface area contributed by atoms with E-state index in [-0.39, 0.29) is 18.9 Å². The molecule has 1 nitrogen and oxygen atoms in total. The average molecular weight is 197 g/mol. The summed E-state index contributed by atoms with van der Waals surface area (Å²) < 4.78 is 0. The van der Waals surface area contributed by atoms with E-state index in [1.165, 1.54) is 31.5 Å². The van der Waals surface area contributed by atoms with E-state index in [2.05, 4.69) is 36.9 Å². The number of rotatable bonds is 6. The van der Waals surface area contributed by atoms with Crippen LogP contribution in [-0.4, -0.2) is 18.0 Å². The molecule has 1 aromatic carbocycles. The summed E-state index contributed by atoms with van der Waals surface area (Å²) in [7, 11) is 0. The van der Waals surface area contributed by atoms with Gasteiger partial charge in [-0.05, 0) is 25.9 Å². The second kappa shape index (κ2) is 9.04. The quantitative estimate of drug-likeness (QED) is 0.462. The Balaban J connectivity index is 0.00000196. The third kappa shape index (κ3) is 6.05. The topological polar surface area (TPSA) is 3.24 Å². The molecule has 0 atom stereocenters. The maximum Gasteiger partial charge on any atom is 1.00 e. The van der Waals surface area contributed by atoms with Crippen molar-refractivity contribution in [2.45, 2.75) is 33.2 Å². The maximum atomic E-state index is 3.27. The molecule has 0 saturated carbocycles. The van der Waals surface area contributed by atoms with Crippen LogP contribution in [0.3, 0.4) is 0 Å². The minimum absolute atomic E-state index is 0. The first kappa shape index (κ1) is 14.8. The van der Waals surface area contributed by atoms with Crippen LogP contribution in [0.15, 0.2) is 24.3 Å². The molecule has 0 aromatic heterocycles. The van der Waals surface area contributed by atoms with Crippen molar-refractivity contribution in [3.63, 3.8) is 0 Å². The van der Waals surface area contributed by atoms with Crippen molar-refractivity contribution < 1.29 is 18.9 Å². The first-order valence-corrected chi connectivity index (χ1v) is 5.54. The van der Waals surface area contributed by atoms with Gasteiger partial charge in [0.05, 0.1) is 0 Å². The Morgan fingerprint density at radius 2 is 1.80 bits per heavy atom. The maximum absolute atomic E-state index is 3.27. The van der Waals surface area contributed by atoms with E-state index in [1.54, 1.807) is 0 Å². The van der Waals surface area contributed by atoms with Crippen LogP contribution in [0, 0.1) is 6.07 Å². The van der Waals surface area contributed by atoms with Crippen molar-refractivity contribution in [1.29, 1.82) is 0 Å². The fourth-order valence-corrected chi connectivity index (χ4v) is 1.67. The van der Waals surface area contributed by atoms with Crippen molar-refractivity contribution in [2.24, 2.45) is 0 Å². The Hall–Kier alpha value is -0.223. The zero-order valence-electron chi connectivity index (χ0n) is 10.3. The number of hydrogen-bond acceptors (Lipinski definition) is 1. The van der Waals surface area contributed by atoms with Gasteiger partial charge in [-0.25, -0.2) is 0 Å². The predicted octanol–water partition coefficient (Wildman–Crippen LogP) is 0.113. The fraction of sp³-hybridized carbons (Fsp3) is 0.538. The Morgan fingerprint density at radius 1 is 1.13 bits per heavy atom. The largest absolute Gasteiger partial charge is 1.00 e. The Morgan fingerprint density at radius 3 is 2.27 bits per heavy atom. The average Bonchev–Trinajstić information content (AvgIpc) is 2.20. The minimum atomic E-state index is 0. The van der Waals surface area contributed by atoms with Gasteiger partial charge in [0.2, 0.25) is 0 Å². The molecule has 1 aromatic rings. The van der Waals surface area contributed by atoms with Gasteiger partial charge in [-0.3, -0.25) is 0 Å². The second-order valence-corrected chi connectivity index (χ2v) is 3.66. The van der Waals surface area contributed by atoms with Gasteiger partial charge < -0.3 is 4.90 Å². The van der Waals surface area contributed by atoms with E-state index in [0.717, 1.165) is 6.54 Å². The smallest absolute Gasteiger partial charge is 0.301 e. The predicted molar refractivity (Wildman–Crippen MR) is 61.1 cm³/mol.